The molecule has 0 aliphatic carbocycles. The summed E-state index contributed by atoms with van der Waals surface area (Å²) >= 11 is 4.01. The van der Waals surface area contributed by atoms with Gasteiger partial charge in [0, 0.05) is 5.75 Å². The van der Waals surface area contributed by atoms with Gasteiger partial charge in [0.2, 0.25) is 9.84 Å². The smallest absolute Gasteiger partial charge is 0.204 e. The van der Waals surface area contributed by atoms with E-state index in [9.17, 15) is 8.42 Å². The predicted molar refractivity (Wildman–Crippen MR) is 60.2 cm³/mol. The molecule has 0 spiro atoms. The topological polar surface area (TPSA) is 34.1 Å². The number of benzene rings is 1. The molecule has 1 aromatic carbocycles. The highest BCUT2D eigenvalue weighted by molar-refractivity contribution is 7.97. The normalized spacial score (nSPS) is 17.7. The first kappa shape index (κ1) is 9.80. The Kier molecular flexibility index (Phi) is 2.20. The second kappa shape index (κ2) is 3.14. The molecule has 0 amide bonds. The fourth-order valence-electron chi connectivity index (χ4n) is 1.55. The molecule has 0 saturated carbocycles. The Morgan fingerprint density at radius 3 is 2.71 bits per heavy atom. The molecule has 4 heteroatoms. The third-order valence-electron chi connectivity index (χ3n) is 2.27. The highest BCUT2D eigenvalue weighted by atomic mass is 32.2. The van der Waals surface area contributed by atoms with Crippen LogP contribution in [0.2, 0.25) is 0 Å². The van der Waals surface area contributed by atoms with E-state index in [1.54, 1.807) is 12.1 Å². The lowest BCUT2D eigenvalue weighted by Crippen LogP contribution is -2.01. The second-order valence-electron chi connectivity index (χ2n) is 3.31. The highest BCUT2D eigenvalue weighted by Gasteiger charge is 2.27. The van der Waals surface area contributed by atoms with Gasteiger partial charge in [-0.3, -0.25) is 0 Å². The average molecular weight is 226 g/mol. The zero-order valence-electron chi connectivity index (χ0n) is 7.69. The zero-order valence-corrected chi connectivity index (χ0v) is 9.40. The molecule has 2 nitrogen and oxygen atoms in total. The van der Waals surface area contributed by atoms with Crippen molar-refractivity contribution in [3.8, 4) is 0 Å². The number of sulfone groups is 1. The molecule has 0 N–H and O–H groups in total. The van der Waals surface area contributed by atoms with Crippen LogP contribution in [-0.2, 0) is 9.84 Å². The fourth-order valence-corrected chi connectivity index (χ4v) is 3.56. The third kappa shape index (κ3) is 1.29. The van der Waals surface area contributed by atoms with E-state index in [0.717, 1.165) is 11.1 Å². The first-order valence-electron chi connectivity index (χ1n) is 4.23. The molecule has 0 radical (unpaired) electrons. The minimum Gasteiger partial charge on any atom is -0.219 e. The van der Waals surface area contributed by atoms with Gasteiger partial charge in [0.05, 0.1) is 9.80 Å². The van der Waals surface area contributed by atoms with Crippen LogP contribution in [0.1, 0.15) is 11.1 Å². The van der Waals surface area contributed by atoms with Crippen molar-refractivity contribution in [3.63, 3.8) is 0 Å². The first-order valence-corrected chi connectivity index (χ1v) is 6.34. The van der Waals surface area contributed by atoms with Crippen molar-refractivity contribution < 1.29 is 8.42 Å². The maximum absolute atomic E-state index is 11.8. The largest absolute Gasteiger partial charge is 0.219 e. The van der Waals surface area contributed by atoms with Gasteiger partial charge in [-0.15, -0.1) is 0 Å². The van der Waals surface area contributed by atoms with Crippen LogP contribution < -0.4 is 0 Å². The lowest BCUT2D eigenvalue weighted by molar-refractivity contribution is 0.603. The van der Waals surface area contributed by atoms with Gasteiger partial charge in [-0.05, 0) is 24.6 Å². The Balaban J connectivity index is 2.71. The van der Waals surface area contributed by atoms with Crippen LogP contribution in [-0.4, -0.2) is 14.2 Å². The van der Waals surface area contributed by atoms with Crippen molar-refractivity contribution in [2.45, 2.75) is 11.8 Å². The Hall–Kier alpha value is -0.740. The summed E-state index contributed by atoms with van der Waals surface area (Å²) in [7, 11) is -3.23. The van der Waals surface area contributed by atoms with Crippen LogP contribution in [0.25, 0.3) is 6.08 Å². The van der Waals surface area contributed by atoms with E-state index in [0.29, 0.717) is 9.80 Å². The zero-order chi connectivity index (χ0) is 10.3. The van der Waals surface area contributed by atoms with Gasteiger partial charge in [0.1, 0.15) is 0 Å². The minimum atomic E-state index is -3.23. The molecule has 0 fully saturated rings. The third-order valence-corrected chi connectivity index (χ3v) is 4.73. The number of hydrogen-bond acceptors (Lipinski definition) is 3. The molecule has 14 heavy (non-hydrogen) atoms. The number of rotatable bonds is 1. The van der Waals surface area contributed by atoms with Crippen molar-refractivity contribution in [3.05, 3.63) is 34.2 Å². The van der Waals surface area contributed by atoms with Gasteiger partial charge >= 0.3 is 0 Å². The van der Waals surface area contributed by atoms with Gasteiger partial charge in [0.25, 0.3) is 0 Å². The molecule has 0 bridgehead atoms. The highest BCUT2D eigenvalue weighted by Crippen LogP contribution is 2.33. The minimum absolute atomic E-state index is 0.260. The van der Waals surface area contributed by atoms with Crippen molar-refractivity contribution in [2.75, 3.05) is 5.75 Å². The number of fused-ring (bicyclic) bond motifs is 1. The molecular weight excluding hydrogens is 216 g/mol. The molecule has 0 unspecified atom stereocenters. The van der Waals surface area contributed by atoms with Crippen LogP contribution in [0.4, 0.5) is 0 Å². The lowest BCUT2D eigenvalue weighted by Gasteiger charge is -2.00. The van der Waals surface area contributed by atoms with Gasteiger partial charge in [-0.25, -0.2) is 8.42 Å². The van der Waals surface area contributed by atoms with Crippen LogP contribution in [0.3, 0.4) is 0 Å². The monoisotopic (exact) mass is 226 g/mol. The summed E-state index contributed by atoms with van der Waals surface area (Å²) in [5.74, 6) is 0.260. The molecule has 1 heterocycles. The van der Waals surface area contributed by atoms with E-state index >= 15 is 0 Å². The number of hydrogen-bond donors (Lipinski definition) is 1. The summed E-state index contributed by atoms with van der Waals surface area (Å²) in [6.07, 6.45) is 1.70. The molecule has 0 aromatic heterocycles. The average Bonchev–Trinajstić information content (AvgIpc) is 2.37. The molecule has 1 aromatic rings. The van der Waals surface area contributed by atoms with E-state index in [-0.39, 0.29) is 5.75 Å². The summed E-state index contributed by atoms with van der Waals surface area (Å²) in [6.45, 7) is 1.94. The molecule has 2 rings (SSSR count). The SMILES string of the molecule is Cc1ccc2c(c1)C=C(CS)S2(=O)=O. The standard InChI is InChI=1S/C10H10O2S2/c1-7-2-3-10-8(4-7)5-9(6-13)14(10,11)12/h2-5,13H,6H2,1H3. The molecule has 1 aliphatic heterocycles. The summed E-state index contributed by atoms with van der Waals surface area (Å²) in [6, 6.07) is 5.35. The summed E-state index contributed by atoms with van der Waals surface area (Å²) in [5, 5.41) is 0. The first-order chi connectivity index (χ1) is 6.55. The molecule has 1 aliphatic rings. The Morgan fingerprint density at radius 2 is 2.07 bits per heavy atom. The van der Waals surface area contributed by atoms with Gasteiger partial charge in [-0.1, -0.05) is 17.7 Å². The van der Waals surface area contributed by atoms with Crippen LogP contribution in [0.5, 0.6) is 0 Å². The van der Waals surface area contributed by atoms with Gasteiger partial charge < -0.3 is 0 Å². The summed E-state index contributed by atoms with van der Waals surface area (Å²) in [5.41, 5.74) is 1.85. The lowest BCUT2D eigenvalue weighted by atomic mass is 10.1. The van der Waals surface area contributed by atoms with Crippen molar-refractivity contribution >= 4 is 28.5 Å². The summed E-state index contributed by atoms with van der Waals surface area (Å²) in [4.78, 5) is 0.800. The van der Waals surface area contributed by atoms with E-state index in [1.165, 1.54) is 0 Å². The quantitative estimate of drug-likeness (QED) is 0.744. The van der Waals surface area contributed by atoms with Gasteiger partial charge in [0.15, 0.2) is 0 Å². The molecule has 0 atom stereocenters. The summed E-state index contributed by atoms with van der Waals surface area (Å²) < 4.78 is 23.6. The second-order valence-corrected chi connectivity index (χ2v) is 5.60. The van der Waals surface area contributed by atoms with E-state index in [4.69, 9.17) is 0 Å². The Bertz CT molecular complexity index is 513. The van der Waals surface area contributed by atoms with Crippen molar-refractivity contribution in [2.24, 2.45) is 0 Å². The number of thiol groups is 1. The van der Waals surface area contributed by atoms with Crippen molar-refractivity contribution in [1.82, 2.24) is 0 Å². The Labute approximate surface area is 89.0 Å². The van der Waals surface area contributed by atoms with Crippen LogP contribution in [0, 0.1) is 6.92 Å². The van der Waals surface area contributed by atoms with E-state index < -0.39 is 9.84 Å². The maximum atomic E-state index is 11.8. The van der Waals surface area contributed by atoms with E-state index in [1.807, 2.05) is 19.1 Å². The fraction of sp³-hybridized carbons (Fsp3) is 0.200. The maximum Gasteiger partial charge on any atom is 0.204 e. The Morgan fingerprint density at radius 1 is 1.36 bits per heavy atom. The van der Waals surface area contributed by atoms with Gasteiger partial charge in [-0.2, -0.15) is 12.6 Å². The van der Waals surface area contributed by atoms with Crippen LogP contribution >= 0.6 is 12.6 Å². The van der Waals surface area contributed by atoms with Crippen LogP contribution in [0.15, 0.2) is 28.0 Å². The van der Waals surface area contributed by atoms with Crippen molar-refractivity contribution in [1.29, 1.82) is 0 Å². The number of aryl methyl sites for hydroxylation is 1. The predicted octanol–water partition coefficient (Wildman–Crippen LogP) is 2.05. The molecule has 0 saturated heterocycles. The van der Waals surface area contributed by atoms with E-state index in [2.05, 4.69) is 12.6 Å². The molecule has 74 valence electrons. The molecular formula is C10H10O2S2.